The molecular weight excluding hydrogens is 581 g/mol. The Morgan fingerprint density at radius 2 is 1.88 bits per heavy atom. The molecular formula is C30H27BrFN3O5. The summed E-state index contributed by atoms with van der Waals surface area (Å²) in [6.45, 7) is 5.80. The molecule has 2 N–H and O–H groups in total. The third-order valence-corrected chi connectivity index (χ3v) is 6.37. The highest BCUT2D eigenvalue weighted by Gasteiger charge is 2.35. The molecule has 0 aliphatic carbocycles. The zero-order valence-corrected chi connectivity index (χ0v) is 23.3. The Morgan fingerprint density at radius 1 is 1.12 bits per heavy atom. The predicted octanol–water partition coefficient (Wildman–Crippen LogP) is 5.83. The monoisotopic (exact) mass is 607 g/mol. The second kappa shape index (κ2) is 13.1. The third-order valence-electron chi connectivity index (χ3n) is 5.84. The molecule has 0 atom stereocenters. The van der Waals surface area contributed by atoms with Crippen molar-refractivity contribution in [1.82, 2.24) is 10.2 Å². The Bertz CT molecular complexity index is 1470. The molecule has 1 aliphatic heterocycles. The predicted molar refractivity (Wildman–Crippen MR) is 153 cm³/mol. The number of anilines is 1. The number of allylic oxidation sites excluding steroid dienone is 1. The Morgan fingerprint density at radius 3 is 2.58 bits per heavy atom. The Hall–Kier alpha value is -4.44. The first kappa shape index (κ1) is 28.6. The van der Waals surface area contributed by atoms with Gasteiger partial charge in [-0.1, -0.05) is 46.3 Å². The highest BCUT2D eigenvalue weighted by Crippen LogP contribution is 2.35. The first-order chi connectivity index (χ1) is 19.3. The van der Waals surface area contributed by atoms with Crippen molar-refractivity contribution < 1.29 is 28.2 Å². The molecule has 4 rings (SSSR count). The second-order valence-corrected chi connectivity index (χ2v) is 9.67. The number of hydrogen-bond acceptors (Lipinski definition) is 5. The topological polar surface area (TPSA) is 97.0 Å². The second-order valence-electron chi connectivity index (χ2n) is 8.76. The summed E-state index contributed by atoms with van der Waals surface area (Å²) in [7, 11) is 0. The molecule has 4 amide bonds. The van der Waals surface area contributed by atoms with Crippen LogP contribution in [0.1, 0.15) is 23.6 Å². The summed E-state index contributed by atoms with van der Waals surface area (Å²) in [6, 6.07) is 16.2. The molecule has 3 aromatic rings. The van der Waals surface area contributed by atoms with Gasteiger partial charge >= 0.3 is 6.03 Å². The van der Waals surface area contributed by atoms with Gasteiger partial charge in [0.2, 0.25) is 5.91 Å². The van der Waals surface area contributed by atoms with Gasteiger partial charge in [0.25, 0.3) is 5.91 Å². The largest absolute Gasteiger partial charge is 0.490 e. The molecule has 0 aromatic heterocycles. The van der Waals surface area contributed by atoms with Crippen LogP contribution < -0.4 is 20.1 Å². The average molecular weight is 608 g/mol. The zero-order valence-electron chi connectivity index (χ0n) is 21.7. The maximum Gasteiger partial charge on any atom is 0.329 e. The highest BCUT2D eigenvalue weighted by atomic mass is 79.9. The first-order valence-corrected chi connectivity index (χ1v) is 13.2. The van der Waals surface area contributed by atoms with E-state index in [0.29, 0.717) is 36.7 Å². The Labute approximate surface area is 239 Å². The fraction of sp³-hybridized carbons (Fsp3) is 0.167. The quantitative estimate of drug-likeness (QED) is 0.162. The zero-order chi connectivity index (χ0) is 28.6. The molecule has 10 heteroatoms. The van der Waals surface area contributed by atoms with E-state index in [0.717, 1.165) is 20.5 Å². The van der Waals surface area contributed by atoms with Crippen molar-refractivity contribution in [3.8, 4) is 11.5 Å². The minimum absolute atomic E-state index is 0.0146. The van der Waals surface area contributed by atoms with E-state index in [1.54, 1.807) is 18.2 Å². The Balaban J connectivity index is 1.55. The fourth-order valence-electron chi connectivity index (χ4n) is 4.01. The van der Waals surface area contributed by atoms with Crippen LogP contribution >= 0.6 is 15.9 Å². The molecule has 0 unspecified atom stereocenters. The number of imide groups is 1. The average Bonchev–Trinajstić information content (AvgIpc) is 3.18. The standard InChI is InChI=1S/C30H27BrFN3O5/c1-3-7-21-14-20(16-26(39-4-2)28(21)40-18-19-10-12-22(31)13-11-19)15-25-29(37)35(30(38)34-25)17-27(36)33-24-9-6-5-8-23(24)32/h3,5-6,8-16H,1,4,7,17-18H2,2H3,(H,33,36)(H,34,38)/b25-15+. The number of benzene rings is 3. The van der Waals surface area contributed by atoms with Crippen molar-refractivity contribution in [3.63, 3.8) is 0 Å². The number of nitrogens with zero attached hydrogens (tertiary/aromatic N) is 1. The summed E-state index contributed by atoms with van der Waals surface area (Å²) in [5.74, 6) is -0.997. The summed E-state index contributed by atoms with van der Waals surface area (Å²) in [6.07, 6.45) is 3.70. The van der Waals surface area contributed by atoms with Gasteiger partial charge in [-0.3, -0.25) is 9.59 Å². The SMILES string of the molecule is C=CCc1cc(/C=C2/NC(=O)N(CC(=O)Nc3ccccc3F)C2=O)cc(OCC)c1OCc1ccc(Br)cc1. The van der Waals surface area contributed by atoms with Gasteiger partial charge in [0.05, 0.1) is 12.3 Å². The molecule has 1 fully saturated rings. The number of amides is 4. The molecule has 0 bridgehead atoms. The molecule has 3 aromatic carbocycles. The van der Waals surface area contributed by atoms with E-state index in [9.17, 15) is 18.8 Å². The van der Waals surface area contributed by atoms with Crippen molar-refractivity contribution in [2.45, 2.75) is 20.0 Å². The van der Waals surface area contributed by atoms with Crippen LogP contribution in [0, 0.1) is 5.82 Å². The summed E-state index contributed by atoms with van der Waals surface area (Å²) < 4.78 is 26.8. The lowest BCUT2D eigenvalue weighted by Crippen LogP contribution is -2.38. The molecule has 8 nitrogen and oxygen atoms in total. The van der Waals surface area contributed by atoms with Crippen molar-refractivity contribution in [2.75, 3.05) is 18.5 Å². The van der Waals surface area contributed by atoms with Gasteiger partial charge in [0.1, 0.15) is 24.7 Å². The number of hydrogen-bond donors (Lipinski definition) is 2. The number of halogens is 2. The number of nitrogens with one attached hydrogen (secondary N) is 2. The number of carbonyl (C=O) groups excluding carboxylic acids is 3. The fourth-order valence-corrected chi connectivity index (χ4v) is 4.28. The summed E-state index contributed by atoms with van der Waals surface area (Å²) in [5.41, 5.74) is 2.27. The number of para-hydroxylation sites is 1. The molecule has 0 spiro atoms. The van der Waals surface area contributed by atoms with Crippen LogP contribution in [0.25, 0.3) is 6.08 Å². The molecule has 206 valence electrons. The lowest BCUT2D eigenvalue weighted by atomic mass is 10.0. The van der Waals surface area contributed by atoms with Gasteiger partial charge in [-0.2, -0.15) is 0 Å². The van der Waals surface area contributed by atoms with Crippen LogP contribution in [0.5, 0.6) is 11.5 Å². The Kier molecular flexibility index (Phi) is 9.34. The molecule has 1 aliphatic rings. The highest BCUT2D eigenvalue weighted by molar-refractivity contribution is 9.10. The smallest absolute Gasteiger partial charge is 0.329 e. The van der Waals surface area contributed by atoms with E-state index in [1.165, 1.54) is 24.3 Å². The van der Waals surface area contributed by atoms with E-state index in [4.69, 9.17) is 9.47 Å². The number of urea groups is 1. The van der Waals surface area contributed by atoms with Crippen molar-refractivity contribution in [2.24, 2.45) is 0 Å². The maximum absolute atomic E-state index is 13.9. The van der Waals surface area contributed by atoms with E-state index >= 15 is 0 Å². The van der Waals surface area contributed by atoms with Gasteiger partial charge in [-0.15, -0.1) is 6.58 Å². The summed E-state index contributed by atoms with van der Waals surface area (Å²) in [4.78, 5) is 38.7. The van der Waals surface area contributed by atoms with E-state index in [2.05, 4.69) is 33.1 Å². The summed E-state index contributed by atoms with van der Waals surface area (Å²) >= 11 is 3.42. The van der Waals surface area contributed by atoms with Crippen molar-refractivity contribution in [3.05, 3.63) is 106 Å². The van der Waals surface area contributed by atoms with Crippen LogP contribution in [0.2, 0.25) is 0 Å². The van der Waals surface area contributed by atoms with Gasteiger partial charge in [-0.05, 0) is 66.9 Å². The van der Waals surface area contributed by atoms with Gasteiger partial charge in [-0.25, -0.2) is 14.1 Å². The molecule has 1 heterocycles. The molecule has 1 saturated heterocycles. The van der Waals surface area contributed by atoms with Gasteiger partial charge in [0, 0.05) is 10.0 Å². The van der Waals surface area contributed by atoms with Gasteiger partial charge < -0.3 is 20.1 Å². The normalized spacial score (nSPS) is 13.8. The van der Waals surface area contributed by atoms with Crippen LogP contribution in [-0.4, -0.2) is 35.9 Å². The third kappa shape index (κ3) is 6.95. The van der Waals surface area contributed by atoms with Crippen LogP contribution in [0.4, 0.5) is 14.9 Å². The number of rotatable bonds is 11. The van der Waals surface area contributed by atoms with Crippen molar-refractivity contribution >= 4 is 45.5 Å². The van der Waals surface area contributed by atoms with E-state index in [1.807, 2.05) is 37.3 Å². The van der Waals surface area contributed by atoms with Crippen LogP contribution in [-0.2, 0) is 22.6 Å². The molecule has 40 heavy (non-hydrogen) atoms. The minimum atomic E-state index is -0.759. The minimum Gasteiger partial charge on any atom is -0.490 e. The first-order valence-electron chi connectivity index (χ1n) is 12.5. The molecule has 0 radical (unpaired) electrons. The van der Waals surface area contributed by atoms with Gasteiger partial charge in [0.15, 0.2) is 11.5 Å². The van der Waals surface area contributed by atoms with E-state index in [-0.39, 0.29) is 11.4 Å². The van der Waals surface area contributed by atoms with Crippen LogP contribution in [0.3, 0.4) is 0 Å². The number of carbonyl (C=O) groups is 3. The van der Waals surface area contributed by atoms with E-state index < -0.39 is 30.2 Å². The summed E-state index contributed by atoms with van der Waals surface area (Å²) in [5, 5.41) is 4.87. The van der Waals surface area contributed by atoms with Crippen LogP contribution in [0.15, 0.2) is 83.5 Å². The maximum atomic E-state index is 13.9. The number of ether oxygens (including phenoxy) is 2. The molecule has 0 saturated carbocycles. The van der Waals surface area contributed by atoms with Crippen molar-refractivity contribution in [1.29, 1.82) is 0 Å². The lowest BCUT2D eigenvalue weighted by molar-refractivity contribution is -0.127. The lowest BCUT2D eigenvalue weighted by Gasteiger charge is -2.17.